The van der Waals surface area contributed by atoms with Gasteiger partial charge in [0.25, 0.3) is 0 Å². The second-order valence-corrected chi connectivity index (χ2v) is 7.72. The number of methoxy groups -OCH3 is 2. The Morgan fingerprint density at radius 3 is 2.26 bits per heavy atom. The average Bonchev–Trinajstić information content (AvgIpc) is 2.66. The van der Waals surface area contributed by atoms with E-state index in [0.717, 1.165) is 16.2 Å². The second kappa shape index (κ2) is 10.1. The van der Waals surface area contributed by atoms with Gasteiger partial charge in [-0.05, 0) is 56.7 Å². The van der Waals surface area contributed by atoms with E-state index in [1.807, 2.05) is 63.2 Å². The Bertz CT molecular complexity index is 746. The molecule has 0 fully saturated rings. The van der Waals surface area contributed by atoms with Crippen LogP contribution in [0.25, 0.3) is 0 Å². The molecule has 0 aliphatic carbocycles. The van der Waals surface area contributed by atoms with Crippen molar-refractivity contribution in [3.63, 3.8) is 0 Å². The van der Waals surface area contributed by atoms with Crippen LogP contribution in [0.2, 0.25) is 0 Å². The van der Waals surface area contributed by atoms with Crippen molar-refractivity contribution in [2.24, 2.45) is 0 Å². The molecule has 0 radical (unpaired) electrons. The number of hydrogen-bond donors (Lipinski definition) is 1. The van der Waals surface area contributed by atoms with Crippen LogP contribution >= 0.6 is 11.8 Å². The summed E-state index contributed by atoms with van der Waals surface area (Å²) in [6, 6.07) is 13.4. The van der Waals surface area contributed by atoms with Gasteiger partial charge < -0.3 is 19.5 Å². The van der Waals surface area contributed by atoms with E-state index in [1.54, 1.807) is 14.2 Å². The molecule has 2 aromatic carbocycles. The molecule has 5 nitrogen and oxygen atoms in total. The number of benzene rings is 2. The molecule has 0 heterocycles. The number of carbonyl (C=O) groups excluding carboxylic acids is 1. The van der Waals surface area contributed by atoms with E-state index in [0.29, 0.717) is 18.0 Å². The lowest BCUT2D eigenvalue weighted by Gasteiger charge is -2.14. The van der Waals surface area contributed by atoms with E-state index in [4.69, 9.17) is 14.2 Å². The minimum atomic E-state index is -0.230. The number of rotatable bonds is 9. The van der Waals surface area contributed by atoms with E-state index in [1.165, 1.54) is 11.8 Å². The zero-order valence-electron chi connectivity index (χ0n) is 16.4. The van der Waals surface area contributed by atoms with Crippen LogP contribution in [0.5, 0.6) is 17.2 Å². The second-order valence-electron chi connectivity index (χ2n) is 6.31. The lowest BCUT2D eigenvalue weighted by Crippen LogP contribution is -2.30. The molecule has 1 atom stereocenters. The van der Waals surface area contributed by atoms with Crippen molar-refractivity contribution >= 4 is 17.7 Å². The fourth-order valence-electron chi connectivity index (χ4n) is 2.44. The summed E-state index contributed by atoms with van der Waals surface area (Å²) in [7, 11) is 3.20. The van der Waals surface area contributed by atoms with E-state index >= 15 is 0 Å². The zero-order valence-corrected chi connectivity index (χ0v) is 17.3. The molecule has 2 aromatic rings. The monoisotopic (exact) mass is 389 g/mol. The van der Waals surface area contributed by atoms with Gasteiger partial charge in [0.05, 0.1) is 25.6 Å². The molecule has 0 spiro atoms. The Kier molecular flexibility index (Phi) is 7.85. The van der Waals surface area contributed by atoms with Crippen molar-refractivity contribution < 1.29 is 19.0 Å². The molecule has 0 aromatic heterocycles. The van der Waals surface area contributed by atoms with Gasteiger partial charge in [0.2, 0.25) is 5.91 Å². The molecule has 0 aliphatic rings. The summed E-state index contributed by atoms with van der Waals surface area (Å²) in [5, 5.41) is 2.74. The normalized spacial score (nSPS) is 11.8. The third-order valence-corrected chi connectivity index (χ3v) is 4.89. The summed E-state index contributed by atoms with van der Waals surface area (Å²) >= 11 is 1.48. The maximum Gasteiger partial charge on any atom is 0.233 e. The number of thioether (sulfide) groups is 1. The van der Waals surface area contributed by atoms with Crippen LogP contribution in [-0.4, -0.2) is 31.5 Å². The smallest absolute Gasteiger partial charge is 0.233 e. The van der Waals surface area contributed by atoms with Gasteiger partial charge in [-0.1, -0.05) is 12.1 Å². The van der Waals surface area contributed by atoms with Crippen LogP contribution < -0.4 is 19.5 Å². The quantitative estimate of drug-likeness (QED) is 0.649. The topological polar surface area (TPSA) is 56.8 Å². The number of carbonyl (C=O) groups is 1. The first kappa shape index (κ1) is 21.0. The minimum Gasteiger partial charge on any atom is -0.493 e. The summed E-state index contributed by atoms with van der Waals surface area (Å²) in [6.45, 7) is 6.35. The summed E-state index contributed by atoms with van der Waals surface area (Å²) in [5.74, 6) is 2.14. The van der Waals surface area contributed by atoms with Crippen LogP contribution in [0, 0.1) is 0 Å². The molecule has 0 bridgehead atoms. The van der Waals surface area contributed by atoms with Crippen molar-refractivity contribution in [2.75, 3.05) is 14.2 Å². The average molecular weight is 390 g/mol. The molecule has 0 saturated carbocycles. The summed E-state index contributed by atoms with van der Waals surface area (Å²) in [4.78, 5) is 13.3. The Morgan fingerprint density at radius 1 is 1.00 bits per heavy atom. The standard InChI is InChI=1S/C21H27NO4S/c1-14(2)26-17-8-6-16(7-9-17)13-22-21(23)15(3)27-18-10-11-19(24-4)20(12-18)25-5/h6-12,14-15H,13H2,1-5H3,(H,22,23)/t15-/m1/s1. The van der Waals surface area contributed by atoms with Gasteiger partial charge in [-0.15, -0.1) is 11.8 Å². The number of amides is 1. The Hall–Kier alpha value is -2.34. The van der Waals surface area contributed by atoms with Crippen LogP contribution in [0.3, 0.4) is 0 Å². The van der Waals surface area contributed by atoms with Crippen molar-refractivity contribution in [1.29, 1.82) is 0 Å². The van der Waals surface area contributed by atoms with Gasteiger partial charge in [0.15, 0.2) is 11.5 Å². The first-order valence-electron chi connectivity index (χ1n) is 8.85. The van der Waals surface area contributed by atoms with E-state index < -0.39 is 0 Å². The van der Waals surface area contributed by atoms with Crippen LogP contribution in [0.1, 0.15) is 26.3 Å². The van der Waals surface area contributed by atoms with Crippen LogP contribution in [-0.2, 0) is 11.3 Å². The Balaban J connectivity index is 1.88. The van der Waals surface area contributed by atoms with Crippen LogP contribution in [0.15, 0.2) is 47.4 Å². The van der Waals surface area contributed by atoms with E-state index in [2.05, 4.69) is 5.32 Å². The molecule has 1 amide bonds. The highest BCUT2D eigenvalue weighted by Crippen LogP contribution is 2.33. The van der Waals surface area contributed by atoms with Crippen molar-refractivity contribution in [1.82, 2.24) is 5.32 Å². The first-order valence-corrected chi connectivity index (χ1v) is 9.73. The van der Waals surface area contributed by atoms with Gasteiger partial charge in [-0.2, -0.15) is 0 Å². The maximum atomic E-state index is 12.4. The molecular formula is C21H27NO4S. The molecule has 6 heteroatoms. The first-order chi connectivity index (χ1) is 12.9. The van der Waals surface area contributed by atoms with Crippen LogP contribution in [0.4, 0.5) is 0 Å². The van der Waals surface area contributed by atoms with Gasteiger partial charge in [-0.25, -0.2) is 0 Å². The predicted octanol–water partition coefficient (Wildman–Crippen LogP) is 4.29. The molecule has 1 N–H and O–H groups in total. The third kappa shape index (κ3) is 6.40. The molecule has 0 unspecified atom stereocenters. The number of hydrogen-bond acceptors (Lipinski definition) is 5. The number of ether oxygens (including phenoxy) is 3. The fourth-order valence-corrected chi connectivity index (χ4v) is 3.36. The van der Waals surface area contributed by atoms with Gasteiger partial charge in [-0.3, -0.25) is 4.79 Å². The largest absolute Gasteiger partial charge is 0.493 e. The molecule has 0 aliphatic heterocycles. The summed E-state index contributed by atoms with van der Waals surface area (Å²) in [6.07, 6.45) is 0.144. The molecular weight excluding hydrogens is 362 g/mol. The van der Waals surface area contributed by atoms with Gasteiger partial charge in [0.1, 0.15) is 5.75 Å². The van der Waals surface area contributed by atoms with E-state index in [9.17, 15) is 4.79 Å². The molecule has 146 valence electrons. The maximum absolute atomic E-state index is 12.4. The highest BCUT2D eigenvalue weighted by Gasteiger charge is 2.15. The Labute approximate surface area is 165 Å². The number of nitrogens with one attached hydrogen (secondary N) is 1. The minimum absolute atomic E-state index is 0.0164. The zero-order chi connectivity index (χ0) is 19.8. The van der Waals surface area contributed by atoms with Crippen molar-refractivity contribution in [3.05, 3.63) is 48.0 Å². The highest BCUT2D eigenvalue weighted by molar-refractivity contribution is 8.00. The van der Waals surface area contributed by atoms with Crippen molar-refractivity contribution in [2.45, 2.75) is 43.6 Å². The molecule has 0 saturated heterocycles. The fraction of sp³-hybridized carbons (Fsp3) is 0.381. The third-order valence-electron chi connectivity index (χ3n) is 3.80. The Morgan fingerprint density at radius 2 is 1.67 bits per heavy atom. The lowest BCUT2D eigenvalue weighted by atomic mass is 10.2. The molecule has 27 heavy (non-hydrogen) atoms. The SMILES string of the molecule is COc1ccc(S[C@H](C)C(=O)NCc2ccc(OC(C)C)cc2)cc1OC. The van der Waals surface area contributed by atoms with Crippen molar-refractivity contribution in [3.8, 4) is 17.2 Å². The van der Waals surface area contributed by atoms with Gasteiger partial charge in [0, 0.05) is 11.4 Å². The predicted molar refractivity (Wildman–Crippen MR) is 109 cm³/mol. The summed E-state index contributed by atoms with van der Waals surface area (Å²) in [5.41, 5.74) is 1.03. The van der Waals surface area contributed by atoms with Gasteiger partial charge >= 0.3 is 0 Å². The highest BCUT2D eigenvalue weighted by atomic mass is 32.2. The lowest BCUT2D eigenvalue weighted by molar-refractivity contribution is -0.120. The van der Waals surface area contributed by atoms with E-state index in [-0.39, 0.29) is 17.3 Å². The summed E-state index contributed by atoms with van der Waals surface area (Å²) < 4.78 is 16.2. The molecule has 2 rings (SSSR count).